The van der Waals surface area contributed by atoms with E-state index in [0.29, 0.717) is 25.0 Å². The van der Waals surface area contributed by atoms with E-state index in [-0.39, 0.29) is 0 Å². The molecule has 0 radical (unpaired) electrons. The second-order valence-electron chi connectivity index (χ2n) is 10.5. The lowest BCUT2D eigenvalue weighted by Gasteiger charge is -2.11. The molecular weight excluding hydrogens is 456 g/mol. The highest BCUT2D eigenvalue weighted by Crippen LogP contribution is 2.15. The minimum Gasteiger partial charge on any atom is -0.465 e. The molecule has 1 rings (SSSR count). The van der Waals surface area contributed by atoms with Crippen LogP contribution in [0.25, 0.3) is 0 Å². The number of unbranched alkanes of at least 4 members (excludes halogenated alkanes) is 18. The van der Waals surface area contributed by atoms with Gasteiger partial charge in [0.2, 0.25) is 0 Å². The number of hydrogen-bond donors (Lipinski definition) is 1. The molecule has 2 N–H and O–H groups in total. The van der Waals surface area contributed by atoms with Gasteiger partial charge in [-0.3, -0.25) is 4.79 Å². The van der Waals surface area contributed by atoms with Crippen molar-refractivity contribution in [2.24, 2.45) is 5.73 Å². The molecule has 0 bridgehead atoms. The third-order valence-electron chi connectivity index (χ3n) is 6.96. The molecule has 0 saturated carbocycles. The predicted octanol–water partition coefficient (Wildman–Crippen LogP) is 9.20. The summed E-state index contributed by atoms with van der Waals surface area (Å²) in [4.78, 5) is 12.0. The average Bonchev–Trinajstić information content (AvgIpc) is 2.85. The van der Waals surface area contributed by atoms with E-state index in [1.54, 1.807) is 0 Å². The summed E-state index contributed by atoms with van der Waals surface area (Å²) in [6.07, 6.45) is 25.9. The van der Waals surface area contributed by atoms with E-state index in [4.69, 9.17) is 10.5 Å². The van der Waals surface area contributed by atoms with Gasteiger partial charge in [-0.1, -0.05) is 122 Å². The topological polar surface area (TPSA) is 52.3 Å². The highest BCUT2D eigenvalue weighted by Gasteiger charge is 2.15. The van der Waals surface area contributed by atoms with Gasteiger partial charge in [-0.05, 0) is 37.0 Å². The van der Waals surface area contributed by atoms with Crippen molar-refractivity contribution in [1.82, 2.24) is 0 Å². The van der Waals surface area contributed by atoms with Gasteiger partial charge in [0.15, 0.2) is 0 Å². The standard InChI is InChI=1S/C31H53F2NO2/c1-2-3-4-5-6-7-8-9-10-11-12-13-14-15-16-17-18-19-20-23-36-31(35)30(34)22-21-27-24-28(32)26-29(33)25-27/h24-26,30H,2-23,34H2,1H3/t30-/m0/s1. The van der Waals surface area contributed by atoms with Crippen LogP contribution in [0.5, 0.6) is 0 Å². The Hall–Kier alpha value is -1.49. The first-order valence-corrected chi connectivity index (χ1v) is 14.9. The van der Waals surface area contributed by atoms with Crippen LogP contribution < -0.4 is 5.73 Å². The lowest BCUT2D eigenvalue weighted by atomic mass is 10.0. The predicted molar refractivity (Wildman–Crippen MR) is 147 cm³/mol. The molecule has 0 aromatic heterocycles. The molecule has 0 fully saturated rings. The van der Waals surface area contributed by atoms with Crippen LogP contribution in [0.2, 0.25) is 0 Å². The Balaban J connectivity index is 1.82. The Morgan fingerprint density at radius 3 is 1.50 bits per heavy atom. The Morgan fingerprint density at radius 2 is 1.08 bits per heavy atom. The number of benzene rings is 1. The summed E-state index contributed by atoms with van der Waals surface area (Å²) < 4.78 is 31.7. The summed E-state index contributed by atoms with van der Waals surface area (Å²) in [5, 5.41) is 0. The van der Waals surface area contributed by atoms with Crippen LogP contribution in [0.4, 0.5) is 8.78 Å². The van der Waals surface area contributed by atoms with Crippen molar-refractivity contribution in [2.75, 3.05) is 6.61 Å². The third-order valence-corrected chi connectivity index (χ3v) is 6.96. The molecule has 1 atom stereocenters. The molecular formula is C31H53F2NO2. The van der Waals surface area contributed by atoms with Crippen LogP contribution >= 0.6 is 0 Å². The van der Waals surface area contributed by atoms with Crippen molar-refractivity contribution in [3.63, 3.8) is 0 Å². The fraction of sp³-hybridized carbons (Fsp3) is 0.774. The third kappa shape index (κ3) is 18.7. The second-order valence-corrected chi connectivity index (χ2v) is 10.5. The first-order valence-electron chi connectivity index (χ1n) is 14.9. The average molecular weight is 510 g/mol. The number of rotatable bonds is 24. The van der Waals surface area contributed by atoms with Gasteiger partial charge in [0.25, 0.3) is 0 Å². The molecule has 5 heteroatoms. The molecule has 3 nitrogen and oxygen atoms in total. The quantitative estimate of drug-likeness (QED) is 0.112. The number of esters is 1. The van der Waals surface area contributed by atoms with Crippen molar-refractivity contribution in [1.29, 1.82) is 0 Å². The largest absolute Gasteiger partial charge is 0.465 e. The Kier molecular flexibility index (Phi) is 20.5. The van der Waals surface area contributed by atoms with E-state index in [9.17, 15) is 13.6 Å². The van der Waals surface area contributed by atoms with Crippen molar-refractivity contribution >= 4 is 5.97 Å². The number of carbonyl (C=O) groups excluding carboxylic acids is 1. The minimum absolute atomic E-state index is 0.306. The Morgan fingerprint density at radius 1 is 0.694 bits per heavy atom. The molecule has 0 amide bonds. The monoisotopic (exact) mass is 509 g/mol. The van der Waals surface area contributed by atoms with E-state index < -0.39 is 23.6 Å². The molecule has 0 spiro atoms. The lowest BCUT2D eigenvalue weighted by molar-refractivity contribution is -0.145. The SMILES string of the molecule is CCCCCCCCCCCCCCCCCCCCCOC(=O)[C@@H](N)CCc1cc(F)cc(F)c1. The van der Waals surface area contributed by atoms with Gasteiger partial charge in [-0.2, -0.15) is 0 Å². The van der Waals surface area contributed by atoms with Gasteiger partial charge >= 0.3 is 5.97 Å². The van der Waals surface area contributed by atoms with Crippen LogP contribution in [-0.4, -0.2) is 18.6 Å². The molecule has 0 heterocycles. The smallest absolute Gasteiger partial charge is 0.322 e. The first-order chi connectivity index (χ1) is 17.5. The van der Waals surface area contributed by atoms with Crippen molar-refractivity contribution < 1.29 is 18.3 Å². The molecule has 1 aromatic carbocycles. The molecule has 0 saturated heterocycles. The summed E-state index contributed by atoms with van der Waals surface area (Å²) in [5.74, 6) is -1.68. The Labute approximate surface area is 220 Å². The minimum atomic E-state index is -0.767. The number of aryl methyl sites for hydroxylation is 1. The molecule has 0 unspecified atom stereocenters. The summed E-state index contributed by atoms with van der Waals surface area (Å²) in [5.41, 5.74) is 6.36. The zero-order chi connectivity index (χ0) is 26.3. The zero-order valence-corrected chi connectivity index (χ0v) is 23.0. The Bertz CT molecular complexity index is 648. The number of hydrogen-bond acceptors (Lipinski definition) is 3. The normalized spacial score (nSPS) is 12.1. The first kappa shape index (κ1) is 32.5. The fourth-order valence-corrected chi connectivity index (χ4v) is 4.66. The van der Waals surface area contributed by atoms with Crippen LogP contribution in [0.3, 0.4) is 0 Å². The number of nitrogens with two attached hydrogens (primary N) is 1. The maximum absolute atomic E-state index is 13.2. The van der Waals surface area contributed by atoms with Gasteiger partial charge in [0.05, 0.1) is 6.61 Å². The lowest BCUT2D eigenvalue weighted by Crippen LogP contribution is -2.33. The zero-order valence-electron chi connectivity index (χ0n) is 23.0. The molecule has 0 aliphatic heterocycles. The van der Waals surface area contributed by atoms with Gasteiger partial charge in [0, 0.05) is 6.07 Å². The van der Waals surface area contributed by atoms with Crippen molar-refractivity contribution in [2.45, 2.75) is 148 Å². The van der Waals surface area contributed by atoms with Crippen molar-refractivity contribution in [3.05, 3.63) is 35.4 Å². The second kappa shape index (κ2) is 22.7. The summed E-state index contributed by atoms with van der Waals surface area (Å²) in [7, 11) is 0. The van der Waals surface area contributed by atoms with Crippen LogP contribution in [-0.2, 0) is 16.0 Å². The van der Waals surface area contributed by atoms with Crippen molar-refractivity contribution in [3.8, 4) is 0 Å². The van der Waals surface area contributed by atoms with Gasteiger partial charge < -0.3 is 10.5 Å². The molecule has 1 aromatic rings. The van der Waals surface area contributed by atoms with Gasteiger partial charge in [-0.25, -0.2) is 8.78 Å². The van der Waals surface area contributed by atoms with Crippen LogP contribution in [0, 0.1) is 11.6 Å². The molecule has 36 heavy (non-hydrogen) atoms. The molecule has 208 valence electrons. The highest BCUT2D eigenvalue weighted by atomic mass is 19.1. The fourth-order valence-electron chi connectivity index (χ4n) is 4.66. The maximum Gasteiger partial charge on any atom is 0.322 e. The van der Waals surface area contributed by atoms with E-state index in [0.717, 1.165) is 18.9 Å². The van der Waals surface area contributed by atoms with Crippen LogP contribution in [0.1, 0.15) is 141 Å². The highest BCUT2D eigenvalue weighted by molar-refractivity contribution is 5.75. The summed E-state index contributed by atoms with van der Waals surface area (Å²) >= 11 is 0. The summed E-state index contributed by atoms with van der Waals surface area (Å²) in [6, 6.07) is 2.59. The van der Waals surface area contributed by atoms with E-state index >= 15 is 0 Å². The number of halogens is 2. The number of carbonyl (C=O) groups is 1. The molecule has 0 aliphatic rings. The van der Waals surface area contributed by atoms with Gasteiger partial charge in [-0.15, -0.1) is 0 Å². The summed E-state index contributed by atoms with van der Waals surface area (Å²) in [6.45, 7) is 2.66. The maximum atomic E-state index is 13.2. The van der Waals surface area contributed by atoms with E-state index in [1.165, 1.54) is 121 Å². The van der Waals surface area contributed by atoms with Crippen LogP contribution in [0.15, 0.2) is 18.2 Å². The molecule has 0 aliphatic carbocycles. The van der Waals surface area contributed by atoms with E-state index in [1.807, 2.05) is 0 Å². The van der Waals surface area contributed by atoms with Gasteiger partial charge in [0.1, 0.15) is 17.7 Å². The van der Waals surface area contributed by atoms with E-state index in [2.05, 4.69) is 6.92 Å². The number of ether oxygens (including phenoxy) is 1.